The predicted octanol–water partition coefficient (Wildman–Crippen LogP) is 10.1. The number of rotatable bonds is 5. The molecule has 37 heavy (non-hydrogen) atoms. The van der Waals surface area contributed by atoms with Gasteiger partial charge in [-0.05, 0) is 54.4 Å². The highest BCUT2D eigenvalue weighted by Crippen LogP contribution is 2.63. The summed E-state index contributed by atoms with van der Waals surface area (Å²) in [5.74, 6) is 0. The van der Waals surface area contributed by atoms with Crippen LogP contribution in [0.15, 0.2) is 121 Å². The lowest BCUT2D eigenvalue weighted by molar-refractivity contribution is 0.557. The maximum absolute atomic E-state index is 2.35. The van der Waals surface area contributed by atoms with E-state index < -0.39 is 0 Å². The Morgan fingerprint density at radius 1 is 0.568 bits per heavy atom. The van der Waals surface area contributed by atoms with Crippen LogP contribution in [0.4, 0.5) is 0 Å². The smallest absolute Gasteiger partial charge is 0.0129 e. The van der Waals surface area contributed by atoms with Gasteiger partial charge in [0.25, 0.3) is 0 Å². The Bertz CT molecular complexity index is 1140. The molecule has 2 fully saturated rings. The molecule has 2 heterocycles. The van der Waals surface area contributed by atoms with E-state index >= 15 is 0 Å². The van der Waals surface area contributed by atoms with Crippen molar-refractivity contribution in [3.63, 3.8) is 0 Å². The normalized spacial score (nSPS) is 25.2. The molecule has 5 atom stereocenters. The number of benzene rings is 4. The molecule has 0 N–H and O–H groups in total. The summed E-state index contributed by atoms with van der Waals surface area (Å²) in [6, 6.07) is 44.2. The van der Waals surface area contributed by atoms with Gasteiger partial charge in [-0.3, -0.25) is 0 Å². The Labute approximate surface area is 229 Å². The molecule has 2 aliphatic heterocycles. The second kappa shape index (κ2) is 13.6. The van der Waals surface area contributed by atoms with Gasteiger partial charge in [0.05, 0.1) is 0 Å². The van der Waals surface area contributed by atoms with Crippen molar-refractivity contribution in [2.75, 3.05) is 0 Å². The molecule has 0 nitrogen and oxygen atoms in total. The highest BCUT2D eigenvalue weighted by Gasteiger charge is 2.39. The molecule has 0 aromatic heterocycles. The maximum Gasteiger partial charge on any atom is 0.0129 e. The second-order valence-corrected chi connectivity index (χ2v) is 13.8. The monoisotopic (exact) mass is 519 g/mol. The van der Waals surface area contributed by atoms with Crippen molar-refractivity contribution in [1.82, 2.24) is 0 Å². The topological polar surface area (TPSA) is 0 Å². The first-order chi connectivity index (χ1) is 17.8. The number of hydrogen-bond donors (Lipinski definition) is 0. The summed E-state index contributed by atoms with van der Waals surface area (Å²) < 4.78 is 0. The van der Waals surface area contributed by atoms with Gasteiger partial charge in [0.15, 0.2) is 0 Å². The van der Waals surface area contributed by atoms with Gasteiger partial charge in [0, 0.05) is 30.5 Å². The van der Waals surface area contributed by atoms with E-state index in [4.69, 9.17) is 0 Å². The summed E-state index contributed by atoms with van der Waals surface area (Å²) in [6.45, 7) is 2.35. The van der Waals surface area contributed by atoms with Gasteiger partial charge in [0.2, 0.25) is 0 Å². The van der Waals surface area contributed by atoms with Crippen molar-refractivity contribution in [2.24, 2.45) is 0 Å². The summed E-state index contributed by atoms with van der Waals surface area (Å²) in [4.78, 5) is 0. The van der Waals surface area contributed by atoms with E-state index in [1.165, 1.54) is 48.8 Å². The Morgan fingerprint density at radius 3 is 1.41 bits per heavy atom. The summed E-state index contributed by atoms with van der Waals surface area (Å²) in [7, 11) is 2.06. The standard InChI is InChI=1S/C18H21P.C16H17P.B/c1-2-18(16-11-7-4-8-12-16)14-13-17(19-18)15-9-5-3-6-10-15;1-3-7-13(8-4-1)15-11-12-16(17-15)14-9-5-2-6-10-14;/h3-12,17,19H,2,13-14H2,1H3;1-10,15-17H,11-12H2;/t17-,18-;15-,16-;/m11./s1. The van der Waals surface area contributed by atoms with Crippen molar-refractivity contribution in [3.05, 3.63) is 144 Å². The Morgan fingerprint density at radius 2 is 0.973 bits per heavy atom. The van der Waals surface area contributed by atoms with E-state index in [0.29, 0.717) is 5.16 Å². The molecule has 3 heteroatoms. The van der Waals surface area contributed by atoms with Crippen LogP contribution < -0.4 is 0 Å². The van der Waals surface area contributed by atoms with Crippen LogP contribution in [0.5, 0.6) is 0 Å². The van der Waals surface area contributed by atoms with Gasteiger partial charge < -0.3 is 0 Å². The van der Waals surface area contributed by atoms with E-state index in [-0.39, 0.29) is 8.41 Å². The van der Waals surface area contributed by atoms with Crippen molar-refractivity contribution in [2.45, 2.75) is 61.2 Å². The number of hydrogen-bond acceptors (Lipinski definition) is 0. The first-order valence-electron chi connectivity index (χ1n) is 13.5. The average molecular weight is 519 g/mol. The minimum atomic E-state index is 0. The zero-order valence-corrected chi connectivity index (χ0v) is 23.9. The highest BCUT2D eigenvalue weighted by atomic mass is 31.1. The van der Waals surface area contributed by atoms with Crippen LogP contribution in [0.2, 0.25) is 0 Å². The lowest BCUT2D eigenvalue weighted by Gasteiger charge is -2.29. The molecule has 6 rings (SSSR count). The Kier molecular flexibility index (Phi) is 10.2. The fraction of sp³-hybridized carbons (Fsp3) is 0.294. The van der Waals surface area contributed by atoms with E-state index in [1.54, 1.807) is 5.56 Å². The third-order valence-corrected chi connectivity index (χ3v) is 12.5. The largest absolute Gasteiger partial charge is 0.107 e. The minimum Gasteiger partial charge on any atom is -0.107 e. The van der Waals surface area contributed by atoms with Crippen molar-refractivity contribution < 1.29 is 0 Å². The highest BCUT2D eigenvalue weighted by molar-refractivity contribution is 7.40. The van der Waals surface area contributed by atoms with E-state index in [0.717, 1.165) is 34.1 Å². The van der Waals surface area contributed by atoms with Crippen LogP contribution in [-0.2, 0) is 5.16 Å². The first-order valence-corrected chi connectivity index (χ1v) is 15.7. The zero-order chi connectivity index (χ0) is 24.6. The Balaban J connectivity index is 0.000000169. The maximum atomic E-state index is 2.35. The van der Waals surface area contributed by atoms with E-state index in [1.807, 2.05) is 0 Å². The van der Waals surface area contributed by atoms with Crippen LogP contribution in [0, 0.1) is 0 Å². The molecule has 0 amide bonds. The molecule has 3 radical (unpaired) electrons. The first kappa shape index (κ1) is 27.8. The Hall–Kier alpha value is -2.20. The summed E-state index contributed by atoms with van der Waals surface area (Å²) in [6.07, 6.45) is 6.64. The van der Waals surface area contributed by atoms with Gasteiger partial charge in [-0.1, -0.05) is 128 Å². The molecule has 0 saturated carbocycles. The van der Waals surface area contributed by atoms with Crippen LogP contribution in [0.3, 0.4) is 0 Å². The lowest BCUT2D eigenvalue weighted by atomic mass is 9.90. The molecule has 4 aromatic rings. The van der Waals surface area contributed by atoms with Crippen LogP contribution in [0.1, 0.15) is 78.3 Å². The molecule has 187 valence electrons. The molecular formula is C34H38BP2. The molecule has 0 spiro atoms. The predicted molar refractivity (Wildman–Crippen MR) is 167 cm³/mol. The van der Waals surface area contributed by atoms with Gasteiger partial charge in [-0.25, -0.2) is 0 Å². The van der Waals surface area contributed by atoms with Crippen LogP contribution in [-0.4, -0.2) is 8.41 Å². The van der Waals surface area contributed by atoms with Crippen molar-refractivity contribution in [1.29, 1.82) is 0 Å². The molecular weight excluding hydrogens is 481 g/mol. The quantitative estimate of drug-likeness (QED) is 0.182. The van der Waals surface area contributed by atoms with Crippen LogP contribution in [0.25, 0.3) is 0 Å². The van der Waals surface area contributed by atoms with Gasteiger partial charge in [0.1, 0.15) is 0 Å². The van der Waals surface area contributed by atoms with Crippen LogP contribution >= 0.6 is 17.2 Å². The fourth-order valence-electron chi connectivity index (χ4n) is 5.91. The SMILES string of the molecule is CC[C@]1(c2ccccc2)CC[C@H](c2ccccc2)P1.[B].c1ccc([C@H]2CC[C@H](c3ccccc3)P2)cc1. The lowest BCUT2D eigenvalue weighted by Crippen LogP contribution is -2.15. The second-order valence-electron chi connectivity index (χ2n) is 10.1. The summed E-state index contributed by atoms with van der Waals surface area (Å²) in [5.41, 5.74) is 8.50. The van der Waals surface area contributed by atoms with Gasteiger partial charge in [-0.2, -0.15) is 0 Å². The summed E-state index contributed by atoms with van der Waals surface area (Å²) in [5, 5.41) is 0.432. The molecule has 0 aliphatic carbocycles. The molecule has 0 bridgehead atoms. The zero-order valence-electron chi connectivity index (χ0n) is 21.9. The molecule has 1 unspecified atom stereocenters. The third kappa shape index (κ3) is 6.82. The molecule has 2 aliphatic rings. The van der Waals surface area contributed by atoms with E-state index in [2.05, 4.69) is 128 Å². The van der Waals surface area contributed by atoms with E-state index in [9.17, 15) is 0 Å². The summed E-state index contributed by atoms with van der Waals surface area (Å²) >= 11 is 0. The average Bonchev–Trinajstić information content (AvgIpc) is 3.65. The van der Waals surface area contributed by atoms with Crippen molar-refractivity contribution >= 4 is 25.6 Å². The molecule has 4 aromatic carbocycles. The van der Waals surface area contributed by atoms with Crippen molar-refractivity contribution in [3.8, 4) is 0 Å². The molecule has 2 saturated heterocycles. The third-order valence-electron chi connectivity index (χ3n) is 7.99. The van der Waals surface area contributed by atoms with Gasteiger partial charge >= 0.3 is 0 Å². The van der Waals surface area contributed by atoms with Gasteiger partial charge in [-0.15, -0.1) is 17.2 Å². The minimum absolute atomic E-state index is 0. The fourth-order valence-corrected chi connectivity index (χ4v) is 9.97.